The highest BCUT2D eigenvalue weighted by molar-refractivity contribution is 5.77. The third kappa shape index (κ3) is 4.82. The van der Waals surface area contributed by atoms with Crippen molar-refractivity contribution < 1.29 is 4.79 Å². The van der Waals surface area contributed by atoms with Crippen molar-refractivity contribution in [1.82, 2.24) is 15.2 Å². The van der Waals surface area contributed by atoms with Gasteiger partial charge in [0, 0.05) is 50.9 Å². The van der Waals surface area contributed by atoms with E-state index in [4.69, 9.17) is 0 Å². The van der Waals surface area contributed by atoms with Crippen LogP contribution in [0.2, 0.25) is 0 Å². The zero-order valence-corrected chi connectivity index (χ0v) is 15.7. The normalized spacial score (nSPS) is 16.3. The molecule has 1 aromatic heterocycles. The highest BCUT2D eigenvalue weighted by atomic mass is 16.1. The fraction of sp³-hybridized carbons (Fsp3) is 0.429. The molecular formula is C21H28N4O. The summed E-state index contributed by atoms with van der Waals surface area (Å²) in [5.74, 6) is 1.29. The number of hydrogen-bond donors (Lipinski definition) is 1. The Balaban J connectivity index is 1.57. The Morgan fingerprint density at radius 1 is 1.12 bits per heavy atom. The molecule has 1 saturated heterocycles. The van der Waals surface area contributed by atoms with Gasteiger partial charge in [0.05, 0.1) is 0 Å². The molecule has 1 unspecified atom stereocenters. The second-order valence-electron chi connectivity index (χ2n) is 7.07. The van der Waals surface area contributed by atoms with Crippen LogP contribution in [0.1, 0.15) is 30.4 Å². The van der Waals surface area contributed by atoms with Crippen LogP contribution in [-0.2, 0) is 11.3 Å². The summed E-state index contributed by atoms with van der Waals surface area (Å²) >= 11 is 0. The van der Waals surface area contributed by atoms with Crippen molar-refractivity contribution in [3.05, 3.63) is 59.8 Å². The maximum Gasteiger partial charge on any atom is 0.220 e. The molecule has 1 aromatic carbocycles. The van der Waals surface area contributed by atoms with Gasteiger partial charge in [-0.15, -0.1) is 0 Å². The second kappa shape index (κ2) is 8.81. The summed E-state index contributed by atoms with van der Waals surface area (Å²) in [5.41, 5.74) is 2.28. The number of likely N-dealkylation sites (N-methyl/N-ethyl adjacent to an activating group) is 1. The van der Waals surface area contributed by atoms with Gasteiger partial charge >= 0.3 is 0 Å². The molecule has 2 heterocycles. The number of aromatic nitrogens is 1. The van der Waals surface area contributed by atoms with E-state index in [-0.39, 0.29) is 11.8 Å². The Labute approximate surface area is 156 Å². The van der Waals surface area contributed by atoms with Crippen LogP contribution in [0.25, 0.3) is 0 Å². The molecule has 26 heavy (non-hydrogen) atoms. The molecule has 5 heteroatoms. The van der Waals surface area contributed by atoms with Gasteiger partial charge < -0.3 is 15.1 Å². The number of carbonyl (C=O) groups is 1. The summed E-state index contributed by atoms with van der Waals surface area (Å²) in [7, 11) is 2.14. The molecule has 0 spiro atoms. The highest BCUT2D eigenvalue weighted by Gasteiger charge is 2.18. The molecule has 5 nitrogen and oxygen atoms in total. The van der Waals surface area contributed by atoms with E-state index in [0.717, 1.165) is 37.6 Å². The van der Waals surface area contributed by atoms with E-state index in [1.807, 2.05) is 30.5 Å². The number of carbonyl (C=O) groups excluding carboxylic acids is 1. The topological polar surface area (TPSA) is 48.5 Å². The quantitative estimate of drug-likeness (QED) is 0.868. The van der Waals surface area contributed by atoms with Crippen LogP contribution >= 0.6 is 0 Å². The number of benzene rings is 1. The molecule has 0 saturated carbocycles. The first kappa shape index (κ1) is 18.4. The molecule has 138 valence electrons. The molecule has 3 rings (SSSR count). The molecule has 0 radical (unpaired) electrons. The zero-order chi connectivity index (χ0) is 18.4. The average molecular weight is 352 g/mol. The Kier molecular flexibility index (Phi) is 6.23. The van der Waals surface area contributed by atoms with E-state index in [1.54, 1.807) is 0 Å². The summed E-state index contributed by atoms with van der Waals surface area (Å²) in [6.07, 6.45) is 2.32. The van der Waals surface area contributed by atoms with E-state index in [2.05, 4.69) is 52.3 Å². The maximum absolute atomic E-state index is 12.4. The van der Waals surface area contributed by atoms with Gasteiger partial charge in [0.1, 0.15) is 5.82 Å². The van der Waals surface area contributed by atoms with Gasteiger partial charge in [-0.05, 0) is 24.6 Å². The number of hydrogen-bond acceptors (Lipinski definition) is 4. The smallest absolute Gasteiger partial charge is 0.220 e. The second-order valence-corrected chi connectivity index (χ2v) is 7.07. The van der Waals surface area contributed by atoms with Gasteiger partial charge in [0.25, 0.3) is 0 Å². The molecule has 1 N–H and O–H groups in total. The summed E-state index contributed by atoms with van der Waals surface area (Å²) < 4.78 is 0. The van der Waals surface area contributed by atoms with E-state index < -0.39 is 0 Å². The lowest BCUT2D eigenvalue weighted by molar-refractivity contribution is -0.121. The van der Waals surface area contributed by atoms with Crippen LogP contribution in [0.5, 0.6) is 0 Å². The van der Waals surface area contributed by atoms with Crippen molar-refractivity contribution in [3.8, 4) is 0 Å². The minimum absolute atomic E-state index is 0.0783. The van der Waals surface area contributed by atoms with E-state index in [0.29, 0.717) is 13.0 Å². The van der Waals surface area contributed by atoms with E-state index in [9.17, 15) is 4.79 Å². The summed E-state index contributed by atoms with van der Waals surface area (Å²) in [6.45, 7) is 6.64. The SMILES string of the molecule is CC(CC(=O)NCc1cccnc1N1CCN(C)CC1)c1ccccc1. The van der Waals surface area contributed by atoms with Crippen LogP contribution in [0.3, 0.4) is 0 Å². The number of piperazine rings is 1. The molecule has 2 aromatic rings. The Morgan fingerprint density at radius 3 is 2.58 bits per heavy atom. The number of nitrogens with one attached hydrogen (secondary N) is 1. The maximum atomic E-state index is 12.4. The first-order valence-corrected chi connectivity index (χ1v) is 9.32. The number of pyridine rings is 1. The van der Waals surface area contributed by atoms with E-state index >= 15 is 0 Å². The minimum Gasteiger partial charge on any atom is -0.354 e. The molecule has 1 fully saturated rings. The van der Waals surface area contributed by atoms with Gasteiger partial charge in [-0.2, -0.15) is 0 Å². The van der Waals surface area contributed by atoms with Gasteiger partial charge in [-0.1, -0.05) is 43.3 Å². The Bertz CT molecular complexity index is 711. The van der Waals surface area contributed by atoms with Gasteiger partial charge in [0.15, 0.2) is 0 Å². The molecule has 1 amide bonds. The molecule has 0 aliphatic carbocycles. The lowest BCUT2D eigenvalue weighted by atomic mass is 9.97. The number of rotatable bonds is 6. The largest absolute Gasteiger partial charge is 0.354 e. The summed E-state index contributed by atoms with van der Waals surface area (Å²) in [4.78, 5) is 21.6. The van der Waals surface area contributed by atoms with Gasteiger partial charge in [-0.25, -0.2) is 4.98 Å². The fourth-order valence-electron chi connectivity index (χ4n) is 3.31. The lowest BCUT2D eigenvalue weighted by Gasteiger charge is -2.34. The predicted molar refractivity (Wildman–Crippen MR) is 105 cm³/mol. The number of anilines is 1. The average Bonchev–Trinajstić information content (AvgIpc) is 2.68. The first-order chi connectivity index (χ1) is 12.6. The van der Waals surface area contributed by atoms with Crippen molar-refractivity contribution in [2.24, 2.45) is 0 Å². The molecule has 1 aliphatic heterocycles. The van der Waals surface area contributed by atoms with Crippen molar-refractivity contribution in [1.29, 1.82) is 0 Å². The third-order valence-corrected chi connectivity index (χ3v) is 5.01. The van der Waals surface area contributed by atoms with Crippen molar-refractivity contribution >= 4 is 11.7 Å². The number of amides is 1. The third-order valence-electron chi connectivity index (χ3n) is 5.01. The Hall–Kier alpha value is -2.40. The molecular weight excluding hydrogens is 324 g/mol. The molecule has 1 aliphatic rings. The minimum atomic E-state index is 0.0783. The monoisotopic (exact) mass is 352 g/mol. The van der Waals surface area contributed by atoms with Gasteiger partial charge in [0.2, 0.25) is 5.91 Å². The Morgan fingerprint density at radius 2 is 1.85 bits per heavy atom. The fourth-order valence-corrected chi connectivity index (χ4v) is 3.31. The molecule has 1 atom stereocenters. The van der Waals surface area contributed by atoms with Crippen LogP contribution in [-0.4, -0.2) is 49.0 Å². The summed E-state index contributed by atoms with van der Waals surface area (Å²) in [6, 6.07) is 14.2. The van der Waals surface area contributed by atoms with Crippen molar-refractivity contribution in [2.75, 3.05) is 38.1 Å². The van der Waals surface area contributed by atoms with Crippen LogP contribution < -0.4 is 10.2 Å². The van der Waals surface area contributed by atoms with Gasteiger partial charge in [-0.3, -0.25) is 4.79 Å². The standard InChI is InChI=1S/C21H28N4O/c1-17(18-7-4-3-5-8-18)15-20(26)23-16-19-9-6-10-22-21(19)25-13-11-24(2)12-14-25/h3-10,17H,11-16H2,1-2H3,(H,23,26). The first-order valence-electron chi connectivity index (χ1n) is 9.32. The number of nitrogens with zero attached hydrogens (tertiary/aromatic N) is 3. The zero-order valence-electron chi connectivity index (χ0n) is 15.7. The van der Waals surface area contributed by atoms with Crippen LogP contribution in [0.4, 0.5) is 5.82 Å². The van der Waals surface area contributed by atoms with Crippen LogP contribution in [0.15, 0.2) is 48.7 Å². The molecule has 0 bridgehead atoms. The van der Waals surface area contributed by atoms with Crippen molar-refractivity contribution in [2.45, 2.75) is 25.8 Å². The highest BCUT2D eigenvalue weighted by Crippen LogP contribution is 2.20. The lowest BCUT2D eigenvalue weighted by Crippen LogP contribution is -2.45. The van der Waals surface area contributed by atoms with Crippen molar-refractivity contribution in [3.63, 3.8) is 0 Å². The van der Waals surface area contributed by atoms with E-state index in [1.165, 1.54) is 5.56 Å². The van der Waals surface area contributed by atoms with Crippen LogP contribution in [0, 0.1) is 0 Å². The predicted octanol–water partition coefficient (Wildman–Crippen LogP) is 2.64. The summed E-state index contributed by atoms with van der Waals surface area (Å²) in [5, 5.41) is 3.07.